The van der Waals surface area contributed by atoms with Gasteiger partial charge in [-0.25, -0.2) is 9.78 Å². The molecule has 0 saturated carbocycles. The van der Waals surface area contributed by atoms with Gasteiger partial charge in [0.1, 0.15) is 5.15 Å². The minimum absolute atomic E-state index is 0.107. The number of hydrogen-bond donors (Lipinski definition) is 1. The quantitative estimate of drug-likeness (QED) is 0.658. The lowest BCUT2D eigenvalue weighted by atomic mass is 10.2. The number of ether oxygens (including phenoxy) is 3. The Labute approximate surface area is 144 Å². The fraction of sp³-hybridized carbons (Fsp3) is 0.133. The molecular formula is C15H9ClF2N2O5. The van der Waals surface area contributed by atoms with Crippen molar-refractivity contribution in [2.45, 2.75) is 6.29 Å². The summed E-state index contributed by atoms with van der Waals surface area (Å²) in [4.78, 5) is 27.3. The zero-order valence-corrected chi connectivity index (χ0v) is 13.0. The van der Waals surface area contributed by atoms with Gasteiger partial charge >= 0.3 is 12.3 Å². The molecule has 10 heteroatoms. The fourth-order valence-electron chi connectivity index (χ4n) is 1.97. The van der Waals surface area contributed by atoms with E-state index in [2.05, 4.69) is 19.8 Å². The van der Waals surface area contributed by atoms with Crippen LogP contribution in [0.3, 0.4) is 0 Å². The number of alkyl halides is 2. The van der Waals surface area contributed by atoms with Crippen molar-refractivity contribution in [3.63, 3.8) is 0 Å². The van der Waals surface area contributed by atoms with Gasteiger partial charge in [-0.2, -0.15) is 0 Å². The van der Waals surface area contributed by atoms with Gasteiger partial charge in [-0.05, 0) is 24.3 Å². The summed E-state index contributed by atoms with van der Waals surface area (Å²) in [6.45, 7) is -0.580. The highest BCUT2D eigenvalue weighted by atomic mass is 35.5. The lowest BCUT2D eigenvalue weighted by Crippen LogP contribution is -2.25. The molecule has 0 aliphatic carbocycles. The second kappa shape index (κ2) is 6.52. The van der Waals surface area contributed by atoms with Crippen LogP contribution in [0.15, 0.2) is 36.5 Å². The number of fused-ring (bicyclic) bond motifs is 1. The SMILES string of the molecule is O=C(COC(=O)c1ccnc(Cl)c1)Nc1ccc2c(c1)OC(F)(F)O2. The van der Waals surface area contributed by atoms with E-state index in [9.17, 15) is 18.4 Å². The van der Waals surface area contributed by atoms with Crippen LogP contribution in [-0.2, 0) is 9.53 Å². The molecule has 0 unspecified atom stereocenters. The first-order valence-electron chi connectivity index (χ1n) is 6.81. The minimum atomic E-state index is -3.74. The molecule has 7 nitrogen and oxygen atoms in total. The van der Waals surface area contributed by atoms with Gasteiger partial charge in [0.25, 0.3) is 5.91 Å². The van der Waals surface area contributed by atoms with E-state index in [1.807, 2.05) is 0 Å². The lowest BCUT2D eigenvalue weighted by molar-refractivity contribution is -0.286. The predicted molar refractivity (Wildman–Crippen MR) is 80.8 cm³/mol. The number of rotatable bonds is 4. The van der Waals surface area contributed by atoms with Crippen LogP contribution in [0.2, 0.25) is 5.15 Å². The lowest BCUT2D eigenvalue weighted by Gasteiger charge is -2.07. The van der Waals surface area contributed by atoms with E-state index in [4.69, 9.17) is 16.3 Å². The fourth-order valence-corrected chi connectivity index (χ4v) is 2.14. The molecular weight excluding hydrogens is 362 g/mol. The Hall–Kier alpha value is -2.94. The Morgan fingerprint density at radius 1 is 1.20 bits per heavy atom. The largest absolute Gasteiger partial charge is 0.586 e. The first-order valence-corrected chi connectivity index (χ1v) is 7.19. The molecule has 0 spiro atoms. The van der Waals surface area contributed by atoms with Crippen LogP contribution in [0.25, 0.3) is 0 Å². The Balaban J connectivity index is 1.56. The molecule has 3 rings (SSSR count). The summed E-state index contributed by atoms with van der Waals surface area (Å²) in [5.74, 6) is -1.79. The first kappa shape index (κ1) is 16.9. The Kier molecular flexibility index (Phi) is 4.41. The Morgan fingerprint density at radius 3 is 2.72 bits per heavy atom. The summed E-state index contributed by atoms with van der Waals surface area (Å²) in [7, 11) is 0. The minimum Gasteiger partial charge on any atom is -0.452 e. The number of aromatic nitrogens is 1. The maximum atomic E-state index is 12.9. The highest BCUT2D eigenvalue weighted by Gasteiger charge is 2.43. The van der Waals surface area contributed by atoms with Gasteiger partial charge in [-0.3, -0.25) is 4.79 Å². The van der Waals surface area contributed by atoms with Crippen molar-refractivity contribution in [1.29, 1.82) is 0 Å². The van der Waals surface area contributed by atoms with Crippen molar-refractivity contribution in [2.75, 3.05) is 11.9 Å². The van der Waals surface area contributed by atoms with Crippen molar-refractivity contribution in [3.05, 3.63) is 47.2 Å². The molecule has 0 bridgehead atoms. The number of pyridine rings is 1. The Morgan fingerprint density at radius 2 is 1.96 bits per heavy atom. The number of anilines is 1. The standard InChI is InChI=1S/C15H9ClF2N2O5/c16-12-5-8(3-4-19-12)14(22)23-7-13(21)20-9-1-2-10-11(6-9)25-15(17,18)24-10/h1-6H,7H2,(H,20,21). The molecule has 0 fully saturated rings. The van der Waals surface area contributed by atoms with Crippen LogP contribution in [0, 0.1) is 0 Å². The van der Waals surface area contributed by atoms with Gasteiger partial charge in [0.05, 0.1) is 5.56 Å². The molecule has 0 atom stereocenters. The van der Waals surface area contributed by atoms with E-state index >= 15 is 0 Å². The number of halogens is 3. The van der Waals surface area contributed by atoms with Crippen molar-refractivity contribution < 1.29 is 32.6 Å². The highest BCUT2D eigenvalue weighted by molar-refractivity contribution is 6.29. The summed E-state index contributed by atoms with van der Waals surface area (Å²) in [5, 5.41) is 2.49. The van der Waals surface area contributed by atoms with E-state index in [0.29, 0.717) is 0 Å². The molecule has 1 aliphatic rings. The number of esters is 1. The third kappa shape index (κ3) is 4.13. The summed E-state index contributed by atoms with van der Waals surface area (Å²) in [6.07, 6.45) is -2.42. The number of benzene rings is 1. The van der Waals surface area contributed by atoms with Crippen LogP contribution in [-0.4, -0.2) is 29.8 Å². The Bertz CT molecular complexity index is 846. The molecule has 2 heterocycles. The number of nitrogens with one attached hydrogen (secondary N) is 1. The number of nitrogens with zero attached hydrogens (tertiary/aromatic N) is 1. The van der Waals surface area contributed by atoms with Gasteiger partial charge in [0, 0.05) is 18.0 Å². The van der Waals surface area contributed by atoms with Gasteiger partial charge in [0.15, 0.2) is 18.1 Å². The molecule has 1 aromatic carbocycles. The molecule has 1 N–H and O–H groups in total. The molecule has 2 aromatic rings. The highest BCUT2D eigenvalue weighted by Crippen LogP contribution is 2.42. The summed E-state index contributed by atoms with van der Waals surface area (Å²) in [6, 6.07) is 6.39. The van der Waals surface area contributed by atoms with E-state index in [1.165, 1.54) is 36.5 Å². The van der Waals surface area contributed by atoms with E-state index in [-0.39, 0.29) is 27.9 Å². The van der Waals surface area contributed by atoms with Crippen LogP contribution in [0.4, 0.5) is 14.5 Å². The van der Waals surface area contributed by atoms with Crippen LogP contribution in [0.1, 0.15) is 10.4 Å². The second-order valence-electron chi connectivity index (χ2n) is 4.82. The van der Waals surface area contributed by atoms with E-state index in [1.54, 1.807) is 0 Å². The zero-order valence-electron chi connectivity index (χ0n) is 12.3. The van der Waals surface area contributed by atoms with Gasteiger partial charge in [0.2, 0.25) is 0 Å². The smallest absolute Gasteiger partial charge is 0.452 e. The van der Waals surface area contributed by atoms with Crippen molar-refractivity contribution in [2.24, 2.45) is 0 Å². The summed E-state index contributed by atoms with van der Waals surface area (Å²) < 4.78 is 39.2. The number of carbonyl (C=O) groups excluding carboxylic acids is 2. The zero-order chi connectivity index (χ0) is 18.0. The number of hydrogen-bond acceptors (Lipinski definition) is 6. The van der Waals surface area contributed by atoms with Gasteiger partial charge in [-0.1, -0.05) is 11.6 Å². The topological polar surface area (TPSA) is 86.8 Å². The average molecular weight is 371 g/mol. The molecule has 1 amide bonds. The van der Waals surface area contributed by atoms with Crippen molar-refractivity contribution in [1.82, 2.24) is 4.98 Å². The molecule has 25 heavy (non-hydrogen) atoms. The van der Waals surface area contributed by atoms with Crippen LogP contribution >= 0.6 is 11.6 Å². The number of amides is 1. The van der Waals surface area contributed by atoms with Crippen molar-refractivity contribution in [3.8, 4) is 11.5 Å². The number of carbonyl (C=O) groups is 2. The second-order valence-corrected chi connectivity index (χ2v) is 5.21. The molecule has 1 aromatic heterocycles. The monoisotopic (exact) mass is 370 g/mol. The van der Waals surface area contributed by atoms with E-state index < -0.39 is 24.8 Å². The van der Waals surface area contributed by atoms with E-state index in [0.717, 1.165) is 0 Å². The summed E-state index contributed by atoms with van der Waals surface area (Å²) >= 11 is 5.65. The van der Waals surface area contributed by atoms with Gasteiger partial charge in [-0.15, -0.1) is 8.78 Å². The molecule has 0 saturated heterocycles. The third-order valence-electron chi connectivity index (χ3n) is 2.98. The van der Waals surface area contributed by atoms with Gasteiger partial charge < -0.3 is 19.5 Å². The molecule has 1 aliphatic heterocycles. The summed E-state index contributed by atoms with van der Waals surface area (Å²) in [5.41, 5.74) is 0.311. The first-order chi connectivity index (χ1) is 11.8. The maximum absolute atomic E-state index is 12.9. The maximum Gasteiger partial charge on any atom is 0.586 e. The normalized spacial score (nSPS) is 14.0. The molecule has 130 valence electrons. The predicted octanol–water partition coefficient (Wildman–Crippen LogP) is 2.85. The van der Waals surface area contributed by atoms with Crippen LogP contribution in [0.5, 0.6) is 11.5 Å². The van der Waals surface area contributed by atoms with Crippen molar-refractivity contribution >= 4 is 29.2 Å². The third-order valence-corrected chi connectivity index (χ3v) is 3.19. The molecule has 0 radical (unpaired) electrons. The average Bonchev–Trinajstić information content (AvgIpc) is 2.85. The van der Waals surface area contributed by atoms with Crippen LogP contribution < -0.4 is 14.8 Å².